The van der Waals surface area contributed by atoms with Gasteiger partial charge < -0.3 is 9.47 Å². The van der Waals surface area contributed by atoms with Crippen LogP contribution in [0.4, 0.5) is 5.69 Å². The second-order valence-corrected chi connectivity index (χ2v) is 11.4. The molecule has 8 nitrogen and oxygen atoms in total. The van der Waals surface area contributed by atoms with E-state index in [1.807, 2.05) is 21.6 Å². The number of piperazine rings is 1. The van der Waals surface area contributed by atoms with Crippen LogP contribution in [0.5, 0.6) is 0 Å². The molecule has 35 heavy (non-hydrogen) atoms. The summed E-state index contributed by atoms with van der Waals surface area (Å²) in [5.74, 6) is -0.119. The Bertz CT molecular complexity index is 1350. The molecule has 4 rings (SSSR count). The van der Waals surface area contributed by atoms with Crippen molar-refractivity contribution in [2.24, 2.45) is 0 Å². The fourth-order valence-corrected chi connectivity index (χ4v) is 5.50. The van der Waals surface area contributed by atoms with E-state index in [0.29, 0.717) is 29.4 Å². The molecule has 1 fully saturated rings. The summed E-state index contributed by atoms with van der Waals surface area (Å²) >= 11 is 6.13. The molecule has 0 aliphatic carbocycles. The van der Waals surface area contributed by atoms with Crippen molar-refractivity contribution in [3.05, 3.63) is 82.9 Å². The molecule has 0 radical (unpaired) electrons. The topological polar surface area (TPSA) is 99.3 Å². The Labute approximate surface area is 210 Å². The lowest BCUT2D eigenvalue weighted by molar-refractivity contribution is -0.122. The normalized spacial score (nSPS) is 16.9. The number of rotatable bonds is 8. The fraction of sp³-hybridized carbons (Fsp3) is 0.320. The summed E-state index contributed by atoms with van der Waals surface area (Å²) in [6, 6.07) is 16.1. The van der Waals surface area contributed by atoms with Crippen molar-refractivity contribution in [3.63, 3.8) is 0 Å². The molecule has 1 aromatic heterocycles. The molecule has 1 atom stereocenters. The van der Waals surface area contributed by atoms with Gasteiger partial charge in [-0.3, -0.25) is 9.69 Å². The monoisotopic (exact) mass is 511 g/mol. The number of aromatic nitrogens is 2. The van der Waals surface area contributed by atoms with E-state index in [9.17, 15) is 13.2 Å². The molecule has 1 aliphatic rings. The Morgan fingerprint density at radius 1 is 1.17 bits per heavy atom. The summed E-state index contributed by atoms with van der Waals surface area (Å²) in [5.41, 5.74) is 3.13. The molecule has 0 bridgehead atoms. The van der Waals surface area contributed by atoms with Crippen LogP contribution in [-0.2, 0) is 27.7 Å². The van der Waals surface area contributed by atoms with Crippen molar-refractivity contribution in [3.8, 4) is 6.07 Å². The van der Waals surface area contributed by atoms with Gasteiger partial charge >= 0.3 is 0 Å². The third-order valence-electron chi connectivity index (χ3n) is 6.15. The van der Waals surface area contributed by atoms with Crippen LogP contribution in [0, 0.1) is 11.3 Å². The Morgan fingerprint density at radius 3 is 2.63 bits per heavy atom. The first kappa shape index (κ1) is 24.9. The van der Waals surface area contributed by atoms with E-state index in [4.69, 9.17) is 16.9 Å². The molecule has 2 aromatic carbocycles. The number of sulfone groups is 1. The third-order valence-corrected chi connectivity index (χ3v) is 8.16. The number of carbonyl (C=O) groups is 1. The standard InChI is InChI=1S/C25H26ClN5O3S/c1-2-35(33,34)17-24-15-31(22-5-3-4-21(26)10-22)25(32)16-29(24)14-23-12-28-18-30(23)13-20-8-6-19(11-27)7-9-20/h3-10,12,18,24H,2,13-17H2,1H3. The van der Waals surface area contributed by atoms with Gasteiger partial charge in [-0.1, -0.05) is 36.7 Å². The second-order valence-electron chi connectivity index (χ2n) is 8.56. The molecule has 0 N–H and O–H groups in total. The van der Waals surface area contributed by atoms with Crippen LogP contribution in [0.2, 0.25) is 5.02 Å². The zero-order chi connectivity index (χ0) is 25.0. The van der Waals surface area contributed by atoms with E-state index in [1.54, 1.807) is 60.7 Å². The second kappa shape index (κ2) is 10.6. The van der Waals surface area contributed by atoms with Gasteiger partial charge in [0.1, 0.15) is 0 Å². The molecule has 0 saturated carbocycles. The maximum Gasteiger partial charge on any atom is 0.241 e. The lowest BCUT2D eigenvalue weighted by Gasteiger charge is -2.41. The highest BCUT2D eigenvalue weighted by molar-refractivity contribution is 7.91. The minimum absolute atomic E-state index is 0.0408. The molecule has 3 aromatic rings. The van der Waals surface area contributed by atoms with E-state index >= 15 is 0 Å². The van der Waals surface area contributed by atoms with Crippen molar-refractivity contribution in [2.45, 2.75) is 26.1 Å². The maximum absolute atomic E-state index is 13.1. The highest BCUT2D eigenvalue weighted by Gasteiger charge is 2.35. The third kappa shape index (κ3) is 6.09. The van der Waals surface area contributed by atoms with Crippen LogP contribution < -0.4 is 4.90 Å². The predicted octanol–water partition coefficient (Wildman–Crippen LogP) is 3.11. The predicted molar refractivity (Wildman–Crippen MR) is 135 cm³/mol. The van der Waals surface area contributed by atoms with Crippen LogP contribution in [-0.4, -0.2) is 59.4 Å². The van der Waals surface area contributed by atoms with Crippen LogP contribution in [0.25, 0.3) is 0 Å². The lowest BCUT2D eigenvalue weighted by Crippen LogP contribution is -2.58. The first-order chi connectivity index (χ1) is 16.8. The van der Waals surface area contributed by atoms with Crippen LogP contribution in [0.15, 0.2) is 61.1 Å². The summed E-state index contributed by atoms with van der Waals surface area (Å²) in [5, 5.41) is 9.53. The van der Waals surface area contributed by atoms with Crippen molar-refractivity contribution in [1.82, 2.24) is 14.5 Å². The van der Waals surface area contributed by atoms with Crippen LogP contribution in [0.3, 0.4) is 0 Å². The Hall–Kier alpha value is -3.19. The quantitative estimate of drug-likeness (QED) is 0.461. The van der Waals surface area contributed by atoms with Gasteiger partial charge in [-0.25, -0.2) is 13.4 Å². The molecule has 1 saturated heterocycles. The van der Waals surface area contributed by atoms with E-state index in [2.05, 4.69) is 11.1 Å². The summed E-state index contributed by atoms with van der Waals surface area (Å²) in [7, 11) is -3.28. The van der Waals surface area contributed by atoms with E-state index in [1.165, 1.54) is 0 Å². The number of halogens is 1. The molecule has 1 aliphatic heterocycles. The summed E-state index contributed by atoms with van der Waals surface area (Å²) in [4.78, 5) is 20.9. The zero-order valence-electron chi connectivity index (χ0n) is 19.3. The van der Waals surface area contributed by atoms with Gasteiger partial charge in [-0.2, -0.15) is 5.26 Å². The molecule has 0 spiro atoms. The number of hydrogen-bond donors (Lipinski definition) is 0. The van der Waals surface area contributed by atoms with E-state index in [0.717, 1.165) is 11.3 Å². The molecular formula is C25H26ClN5O3S. The molecule has 1 unspecified atom stereocenters. The first-order valence-corrected chi connectivity index (χ1v) is 13.5. The maximum atomic E-state index is 13.1. The molecule has 10 heteroatoms. The van der Waals surface area contributed by atoms with Gasteiger partial charge in [-0.05, 0) is 35.9 Å². The Kier molecular flexibility index (Phi) is 7.55. The van der Waals surface area contributed by atoms with Crippen molar-refractivity contribution < 1.29 is 13.2 Å². The summed E-state index contributed by atoms with van der Waals surface area (Å²) < 4.78 is 27.1. The Balaban J connectivity index is 1.56. The highest BCUT2D eigenvalue weighted by Crippen LogP contribution is 2.25. The number of anilines is 1. The van der Waals surface area contributed by atoms with Gasteiger partial charge in [0.2, 0.25) is 5.91 Å². The molecule has 182 valence electrons. The van der Waals surface area contributed by atoms with E-state index < -0.39 is 9.84 Å². The summed E-state index contributed by atoms with van der Waals surface area (Å²) in [6.45, 7) is 2.90. The lowest BCUT2D eigenvalue weighted by atomic mass is 10.1. The Morgan fingerprint density at radius 2 is 1.94 bits per heavy atom. The number of nitrogens with zero attached hydrogens (tertiary/aromatic N) is 5. The highest BCUT2D eigenvalue weighted by atomic mass is 35.5. The van der Waals surface area contributed by atoms with Crippen molar-refractivity contribution in [1.29, 1.82) is 5.26 Å². The van der Waals surface area contributed by atoms with Gasteiger partial charge in [0, 0.05) is 48.3 Å². The average molecular weight is 512 g/mol. The minimum Gasteiger partial charge on any atom is -0.329 e. The number of imidazole rings is 1. The number of benzene rings is 2. The molecule has 2 heterocycles. The zero-order valence-corrected chi connectivity index (χ0v) is 20.9. The molecule has 1 amide bonds. The average Bonchev–Trinajstić information content (AvgIpc) is 3.27. The van der Waals surface area contributed by atoms with Gasteiger partial charge in [-0.15, -0.1) is 0 Å². The fourth-order valence-electron chi connectivity index (χ4n) is 4.18. The van der Waals surface area contributed by atoms with Gasteiger partial charge in [0.25, 0.3) is 0 Å². The SMILES string of the molecule is CCS(=O)(=O)CC1CN(c2cccc(Cl)c2)C(=O)CN1Cc1cncn1Cc1ccc(C#N)cc1. The number of nitriles is 1. The number of carbonyl (C=O) groups excluding carboxylic acids is 1. The van der Waals surface area contributed by atoms with Gasteiger partial charge in [0.05, 0.1) is 36.0 Å². The smallest absolute Gasteiger partial charge is 0.241 e. The minimum atomic E-state index is -3.28. The summed E-state index contributed by atoms with van der Waals surface area (Å²) in [6.07, 6.45) is 3.46. The molecular weight excluding hydrogens is 486 g/mol. The van der Waals surface area contributed by atoms with Gasteiger partial charge in [0.15, 0.2) is 9.84 Å². The number of hydrogen-bond acceptors (Lipinski definition) is 6. The first-order valence-electron chi connectivity index (χ1n) is 11.3. The van der Waals surface area contributed by atoms with Crippen molar-refractivity contribution in [2.75, 3.05) is 29.5 Å². The van der Waals surface area contributed by atoms with Crippen LogP contribution in [0.1, 0.15) is 23.7 Å². The number of amides is 1. The van der Waals surface area contributed by atoms with Crippen LogP contribution >= 0.6 is 11.6 Å². The largest absolute Gasteiger partial charge is 0.329 e. The van der Waals surface area contributed by atoms with Crippen molar-refractivity contribution >= 4 is 33.0 Å². The van der Waals surface area contributed by atoms with E-state index in [-0.39, 0.29) is 36.5 Å².